The second-order valence-electron chi connectivity index (χ2n) is 4.71. The third-order valence-corrected chi connectivity index (χ3v) is 3.38. The minimum absolute atomic E-state index is 0.0599. The van der Waals surface area contributed by atoms with Gasteiger partial charge in [0, 0.05) is 6.42 Å². The van der Waals surface area contributed by atoms with Crippen molar-refractivity contribution < 1.29 is 19.0 Å². The van der Waals surface area contributed by atoms with Gasteiger partial charge in [0.05, 0.1) is 19.3 Å². The fraction of sp³-hybridized carbons (Fsp3) is 0.909. The second-order valence-corrected chi connectivity index (χ2v) is 4.71. The van der Waals surface area contributed by atoms with E-state index in [0.29, 0.717) is 13.2 Å². The zero-order valence-corrected chi connectivity index (χ0v) is 9.54. The molecule has 0 aromatic rings. The number of rotatable bonds is 2. The summed E-state index contributed by atoms with van der Waals surface area (Å²) < 4.78 is 16.4. The number of esters is 1. The molecule has 15 heavy (non-hydrogen) atoms. The summed E-state index contributed by atoms with van der Waals surface area (Å²) in [4.78, 5) is 11.8. The Balaban J connectivity index is 2.13. The van der Waals surface area contributed by atoms with Gasteiger partial charge in [-0.25, -0.2) is 0 Å². The van der Waals surface area contributed by atoms with Gasteiger partial charge in [0.25, 0.3) is 0 Å². The Morgan fingerprint density at radius 3 is 2.93 bits per heavy atom. The van der Waals surface area contributed by atoms with Gasteiger partial charge in [-0.15, -0.1) is 0 Å². The zero-order chi connectivity index (χ0) is 11.1. The molecule has 0 aromatic heterocycles. The normalized spacial score (nSPS) is 44.1. The summed E-state index contributed by atoms with van der Waals surface area (Å²) >= 11 is 0. The second kappa shape index (κ2) is 3.46. The van der Waals surface area contributed by atoms with Crippen LogP contribution < -0.4 is 0 Å². The van der Waals surface area contributed by atoms with Gasteiger partial charge < -0.3 is 14.2 Å². The van der Waals surface area contributed by atoms with Crippen molar-refractivity contribution in [3.05, 3.63) is 0 Å². The maximum Gasteiger partial charge on any atom is 0.316 e. The molecule has 3 atom stereocenters. The number of carbonyl (C=O) groups excluding carboxylic acids is 1. The van der Waals surface area contributed by atoms with E-state index in [1.165, 1.54) is 0 Å². The van der Waals surface area contributed by atoms with Crippen LogP contribution in [-0.4, -0.2) is 31.1 Å². The molecular weight excluding hydrogens is 196 g/mol. The third kappa shape index (κ3) is 1.66. The minimum atomic E-state index is -0.633. The van der Waals surface area contributed by atoms with E-state index in [4.69, 9.17) is 14.2 Å². The molecule has 0 radical (unpaired) electrons. The highest BCUT2D eigenvalue weighted by Gasteiger charge is 2.56. The van der Waals surface area contributed by atoms with Crippen molar-refractivity contribution >= 4 is 5.97 Å². The molecule has 0 saturated carbocycles. The average Bonchev–Trinajstić information content (AvgIpc) is 2.54. The quantitative estimate of drug-likeness (QED) is 0.653. The molecule has 2 heterocycles. The first-order chi connectivity index (χ1) is 7.00. The lowest BCUT2D eigenvalue weighted by Gasteiger charge is -2.40. The Bertz CT molecular complexity index is 278. The molecular formula is C11H18O4. The van der Waals surface area contributed by atoms with E-state index < -0.39 is 11.2 Å². The Morgan fingerprint density at radius 1 is 1.53 bits per heavy atom. The molecule has 2 fully saturated rings. The van der Waals surface area contributed by atoms with E-state index in [-0.39, 0.29) is 12.1 Å². The van der Waals surface area contributed by atoms with Gasteiger partial charge in [0.1, 0.15) is 5.41 Å². The van der Waals surface area contributed by atoms with E-state index in [1.807, 2.05) is 20.8 Å². The molecule has 4 nitrogen and oxygen atoms in total. The minimum Gasteiger partial charge on any atom is -0.465 e. The Morgan fingerprint density at radius 2 is 2.27 bits per heavy atom. The summed E-state index contributed by atoms with van der Waals surface area (Å²) in [5.41, 5.74) is -0.633. The summed E-state index contributed by atoms with van der Waals surface area (Å²) in [7, 11) is 0. The van der Waals surface area contributed by atoms with Crippen molar-refractivity contribution in [1.29, 1.82) is 0 Å². The first-order valence-corrected chi connectivity index (χ1v) is 5.49. The molecule has 0 aromatic carbocycles. The predicted octanol–water partition coefficient (Wildman–Crippen LogP) is 1.48. The fourth-order valence-corrected chi connectivity index (χ4v) is 2.25. The Hall–Kier alpha value is -0.610. The first kappa shape index (κ1) is 10.9. The monoisotopic (exact) mass is 214 g/mol. The van der Waals surface area contributed by atoms with Crippen molar-refractivity contribution in [2.45, 2.75) is 45.5 Å². The van der Waals surface area contributed by atoms with Crippen molar-refractivity contribution in [3.8, 4) is 0 Å². The van der Waals surface area contributed by atoms with Crippen molar-refractivity contribution in [2.24, 2.45) is 5.41 Å². The zero-order valence-electron chi connectivity index (χ0n) is 9.54. The van der Waals surface area contributed by atoms with E-state index >= 15 is 0 Å². The number of hydrogen-bond donors (Lipinski definition) is 0. The van der Waals surface area contributed by atoms with Crippen LogP contribution in [-0.2, 0) is 19.0 Å². The van der Waals surface area contributed by atoms with E-state index in [0.717, 1.165) is 12.8 Å². The van der Waals surface area contributed by atoms with Crippen LogP contribution >= 0.6 is 0 Å². The molecule has 2 rings (SSSR count). The van der Waals surface area contributed by atoms with E-state index in [2.05, 4.69) is 0 Å². The largest absolute Gasteiger partial charge is 0.465 e. The van der Waals surface area contributed by atoms with Crippen LogP contribution in [0.1, 0.15) is 33.6 Å². The van der Waals surface area contributed by atoms with Crippen LogP contribution in [0.15, 0.2) is 0 Å². The molecule has 0 aliphatic carbocycles. The molecule has 0 unspecified atom stereocenters. The summed E-state index contributed by atoms with van der Waals surface area (Å²) in [5, 5.41) is 0. The van der Waals surface area contributed by atoms with Crippen LogP contribution in [0.5, 0.6) is 0 Å². The van der Waals surface area contributed by atoms with Crippen LogP contribution in [0.3, 0.4) is 0 Å². The summed E-state index contributed by atoms with van der Waals surface area (Å²) in [5.74, 6) is -0.685. The number of hydrogen-bond acceptors (Lipinski definition) is 4. The lowest BCUT2D eigenvalue weighted by atomic mass is 9.84. The highest BCUT2D eigenvalue weighted by molar-refractivity contribution is 5.77. The molecule has 2 saturated heterocycles. The summed E-state index contributed by atoms with van der Waals surface area (Å²) in [6, 6.07) is 0. The predicted molar refractivity (Wildman–Crippen MR) is 53.2 cm³/mol. The maximum atomic E-state index is 11.8. The van der Waals surface area contributed by atoms with Crippen LogP contribution in [0, 0.1) is 5.41 Å². The van der Waals surface area contributed by atoms with Crippen LogP contribution in [0.4, 0.5) is 0 Å². The molecule has 2 aliphatic heterocycles. The molecule has 0 amide bonds. The molecule has 0 N–H and O–H groups in total. The van der Waals surface area contributed by atoms with Gasteiger partial charge in [0.2, 0.25) is 0 Å². The lowest BCUT2D eigenvalue weighted by molar-refractivity contribution is -0.287. The average molecular weight is 214 g/mol. The molecule has 0 spiro atoms. The Kier molecular flexibility index (Phi) is 2.51. The van der Waals surface area contributed by atoms with E-state index in [9.17, 15) is 4.79 Å². The molecule has 4 heteroatoms. The Labute approximate surface area is 89.9 Å². The molecule has 2 aliphatic rings. The highest BCUT2D eigenvalue weighted by Crippen LogP contribution is 2.46. The van der Waals surface area contributed by atoms with Gasteiger partial charge in [0.15, 0.2) is 5.79 Å². The topological polar surface area (TPSA) is 44.8 Å². The molecule has 2 bridgehead atoms. The summed E-state index contributed by atoms with van der Waals surface area (Å²) in [6.07, 6.45) is 1.66. The first-order valence-electron chi connectivity index (χ1n) is 5.49. The fourth-order valence-electron chi connectivity index (χ4n) is 2.25. The SMILES string of the molecule is CCOC(=O)[C@]1(C)CO[C@@]2(C)CC[C@@H]1O2. The van der Waals surface area contributed by atoms with Gasteiger partial charge in [-0.1, -0.05) is 0 Å². The van der Waals surface area contributed by atoms with Gasteiger partial charge in [-0.05, 0) is 27.2 Å². The van der Waals surface area contributed by atoms with Gasteiger partial charge >= 0.3 is 5.97 Å². The number of carbonyl (C=O) groups is 1. The molecule has 86 valence electrons. The van der Waals surface area contributed by atoms with Crippen molar-refractivity contribution in [2.75, 3.05) is 13.2 Å². The standard InChI is InChI=1S/C11H18O4/c1-4-13-9(12)10(2)7-14-11(3)6-5-8(10)15-11/h8H,4-7H2,1-3H3/t8-,10+,11+/m0/s1. The van der Waals surface area contributed by atoms with Gasteiger partial charge in [-0.2, -0.15) is 0 Å². The van der Waals surface area contributed by atoms with Crippen LogP contribution in [0.25, 0.3) is 0 Å². The lowest BCUT2D eigenvalue weighted by Crippen LogP contribution is -2.51. The maximum absolute atomic E-state index is 11.8. The number of fused-ring (bicyclic) bond motifs is 2. The number of ether oxygens (including phenoxy) is 3. The highest BCUT2D eigenvalue weighted by atomic mass is 16.7. The van der Waals surface area contributed by atoms with Crippen molar-refractivity contribution in [1.82, 2.24) is 0 Å². The van der Waals surface area contributed by atoms with E-state index in [1.54, 1.807) is 0 Å². The van der Waals surface area contributed by atoms with Gasteiger partial charge in [-0.3, -0.25) is 4.79 Å². The van der Waals surface area contributed by atoms with Crippen molar-refractivity contribution in [3.63, 3.8) is 0 Å². The van der Waals surface area contributed by atoms with Crippen LogP contribution in [0.2, 0.25) is 0 Å². The summed E-state index contributed by atoms with van der Waals surface area (Å²) in [6.45, 7) is 6.40. The smallest absolute Gasteiger partial charge is 0.316 e. The third-order valence-electron chi connectivity index (χ3n) is 3.38.